The van der Waals surface area contributed by atoms with E-state index in [2.05, 4.69) is 28.0 Å². The first-order valence-corrected chi connectivity index (χ1v) is 4.94. The first-order valence-electron chi connectivity index (χ1n) is 4.15. The molecule has 0 saturated heterocycles. The zero-order valence-corrected chi connectivity index (χ0v) is 8.73. The summed E-state index contributed by atoms with van der Waals surface area (Å²) in [6, 6.07) is 0. The summed E-state index contributed by atoms with van der Waals surface area (Å²) >= 11 is 3.32. The summed E-state index contributed by atoms with van der Waals surface area (Å²) in [5.41, 5.74) is 5.49. The molecule has 0 atom stereocenters. The maximum absolute atomic E-state index is 5.49. The Bertz CT molecular complexity index is 247. The molecule has 0 fully saturated rings. The van der Waals surface area contributed by atoms with Crippen molar-refractivity contribution in [1.82, 2.24) is 5.16 Å². The van der Waals surface area contributed by atoms with Crippen molar-refractivity contribution >= 4 is 21.7 Å². The molecule has 4 heteroatoms. The van der Waals surface area contributed by atoms with Crippen molar-refractivity contribution in [3.05, 3.63) is 10.2 Å². The highest BCUT2D eigenvalue weighted by molar-refractivity contribution is 9.10. The number of unbranched alkanes of at least 4 members (excludes halogenated alkanes) is 2. The minimum Gasteiger partial charge on any atom is -0.380 e. The summed E-state index contributed by atoms with van der Waals surface area (Å²) in [4.78, 5) is 0. The Labute approximate surface area is 80.4 Å². The second-order valence-corrected chi connectivity index (χ2v) is 3.56. The number of hydrogen-bond acceptors (Lipinski definition) is 3. The Morgan fingerprint density at radius 2 is 2.25 bits per heavy atom. The van der Waals surface area contributed by atoms with Crippen LogP contribution in [0.4, 0.5) is 5.82 Å². The van der Waals surface area contributed by atoms with Gasteiger partial charge < -0.3 is 10.3 Å². The third-order valence-corrected chi connectivity index (χ3v) is 2.58. The average Bonchev–Trinajstić information content (AvgIpc) is 2.36. The van der Waals surface area contributed by atoms with Crippen molar-refractivity contribution in [1.29, 1.82) is 0 Å². The van der Waals surface area contributed by atoms with Gasteiger partial charge in [-0.05, 0) is 22.4 Å². The molecule has 0 bridgehead atoms. The Balaban J connectivity index is 2.46. The third kappa shape index (κ3) is 2.24. The van der Waals surface area contributed by atoms with Crippen molar-refractivity contribution in [2.75, 3.05) is 5.73 Å². The fraction of sp³-hybridized carbons (Fsp3) is 0.625. The molecule has 0 aromatic carbocycles. The Morgan fingerprint density at radius 1 is 1.50 bits per heavy atom. The van der Waals surface area contributed by atoms with Gasteiger partial charge in [0.1, 0.15) is 4.47 Å². The fourth-order valence-electron chi connectivity index (χ4n) is 1.02. The van der Waals surface area contributed by atoms with E-state index in [1.54, 1.807) is 0 Å². The SMILES string of the molecule is CCCCCc1onc(N)c1Br. The van der Waals surface area contributed by atoms with Crippen LogP contribution in [-0.2, 0) is 6.42 Å². The quantitative estimate of drug-likeness (QED) is 0.813. The van der Waals surface area contributed by atoms with Crippen LogP contribution in [0.5, 0.6) is 0 Å². The van der Waals surface area contributed by atoms with Crippen LogP contribution in [0.2, 0.25) is 0 Å². The van der Waals surface area contributed by atoms with Crippen LogP contribution in [0.15, 0.2) is 9.00 Å². The number of halogens is 1. The smallest absolute Gasteiger partial charge is 0.181 e. The van der Waals surface area contributed by atoms with E-state index in [9.17, 15) is 0 Å². The second kappa shape index (κ2) is 4.50. The lowest BCUT2D eigenvalue weighted by Gasteiger charge is -1.94. The maximum atomic E-state index is 5.49. The van der Waals surface area contributed by atoms with E-state index in [-0.39, 0.29) is 0 Å². The summed E-state index contributed by atoms with van der Waals surface area (Å²) in [7, 11) is 0. The van der Waals surface area contributed by atoms with Crippen LogP contribution in [0, 0.1) is 0 Å². The topological polar surface area (TPSA) is 52.0 Å². The first kappa shape index (κ1) is 9.58. The van der Waals surface area contributed by atoms with Crippen LogP contribution in [-0.4, -0.2) is 5.16 Å². The standard InChI is InChI=1S/C8H13BrN2O/c1-2-3-4-5-6-7(9)8(10)11-12-6/h2-5H2,1H3,(H2,10,11). The average molecular weight is 233 g/mol. The Morgan fingerprint density at radius 3 is 2.75 bits per heavy atom. The van der Waals surface area contributed by atoms with E-state index in [0.29, 0.717) is 5.82 Å². The van der Waals surface area contributed by atoms with Crippen molar-refractivity contribution in [3.8, 4) is 0 Å². The van der Waals surface area contributed by atoms with E-state index in [1.807, 2.05) is 0 Å². The summed E-state index contributed by atoms with van der Waals surface area (Å²) in [5.74, 6) is 1.31. The number of aromatic nitrogens is 1. The molecular formula is C8H13BrN2O. The Kier molecular flexibility index (Phi) is 3.59. The fourth-order valence-corrected chi connectivity index (χ4v) is 1.36. The van der Waals surface area contributed by atoms with Gasteiger partial charge in [0.05, 0.1) is 0 Å². The van der Waals surface area contributed by atoms with Crippen LogP contribution >= 0.6 is 15.9 Å². The number of nitrogens with zero attached hydrogens (tertiary/aromatic N) is 1. The highest BCUT2D eigenvalue weighted by Crippen LogP contribution is 2.24. The predicted molar refractivity (Wildman–Crippen MR) is 51.8 cm³/mol. The van der Waals surface area contributed by atoms with E-state index in [0.717, 1.165) is 23.1 Å². The molecule has 1 aromatic heterocycles. The van der Waals surface area contributed by atoms with Gasteiger partial charge >= 0.3 is 0 Å². The van der Waals surface area contributed by atoms with Gasteiger partial charge in [0, 0.05) is 6.42 Å². The molecule has 2 N–H and O–H groups in total. The molecule has 0 aliphatic heterocycles. The number of aryl methyl sites for hydroxylation is 1. The summed E-state index contributed by atoms with van der Waals surface area (Å²) in [6.07, 6.45) is 4.47. The molecule has 0 aliphatic rings. The Hall–Kier alpha value is -0.510. The van der Waals surface area contributed by atoms with Crippen LogP contribution in [0.1, 0.15) is 31.9 Å². The zero-order chi connectivity index (χ0) is 8.97. The van der Waals surface area contributed by atoms with Gasteiger partial charge in [0.25, 0.3) is 0 Å². The molecule has 0 aliphatic carbocycles. The van der Waals surface area contributed by atoms with Crippen molar-refractivity contribution in [2.24, 2.45) is 0 Å². The monoisotopic (exact) mass is 232 g/mol. The number of nitrogens with two attached hydrogens (primary N) is 1. The number of hydrogen-bond donors (Lipinski definition) is 1. The molecule has 1 rings (SSSR count). The van der Waals surface area contributed by atoms with Crippen LogP contribution in [0.3, 0.4) is 0 Å². The lowest BCUT2D eigenvalue weighted by Crippen LogP contribution is -1.86. The first-order chi connectivity index (χ1) is 5.75. The molecule has 1 heterocycles. The number of rotatable bonds is 4. The van der Waals surface area contributed by atoms with Gasteiger partial charge in [-0.1, -0.05) is 24.9 Å². The molecule has 12 heavy (non-hydrogen) atoms. The summed E-state index contributed by atoms with van der Waals surface area (Å²) in [6.45, 7) is 2.17. The highest BCUT2D eigenvalue weighted by atomic mass is 79.9. The lowest BCUT2D eigenvalue weighted by atomic mass is 10.2. The molecule has 0 unspecified atom stereocenters. The van der Waals surface area contributed by atoms with Crippen molar-refractivity contribution in [3.63, 3.8) is 0 Å². The second-order valence-electron chi connectivity index (χ2n) is 2.76. The van der Waals surface area contributed by atoms with E-state index < -0.39 is 0 Å². The molecule has 0 spiro atoms. The summed E-state index contributed by atoms with van der Waals surface area (Å²) in [5, 5.41) is 3.65. The molecule has 1 aromatic rings. The van der Waals surface area contributed by atoms with Crippen molar-refractivity contribution < 1.29 is 4.52 Å². The molecular weight excluding hydrogens is 220 g/mol. The maximum Gasteiger partial charge on any atom is 0.181 e. The van der Waals surface area contributed by atoms with Gasteiger partial charge in [-0.2, -0.15) is 0 Å². The zero-order valence-electron chi connectivity index (χ0n) is 7.14. The van der Waals surface area contributed by atoms with E-state index >= 15 is 0 Å². The van der Waals surface area contributed by atoms with Gasteiger partial charge in [-0.15, -0.1) is 0 Å². The van der Waals surface area contributed by atoms with Gasteiger partial charge in [0.15, 0.2) is 11.6 Å². The summed E-state index contributed by atoms with van der Waals surface area (Å²) < 4.78 is 5.84. The molecule has 0 saturated carbocycles. The van der Waals surface area contributed by atoms with Gasteiger partial charge in [-0.25, -0.2) is 0 Å². The van der Waals surface area contributed by atoms with E-state index in [4.69, 9.17) is 10.3 Å². The largest absolute Gasteiger partial charge is 0.380 e. The third-order valence-electron chi connectivity index (χ3n) is 1.73. The van der Waals surface area contributed by atoms with Gasteiger partial charge in [-0.3, -0.25) is 0 Å². The van der Waals surface area contributed by atoms with Crippen molar-refractivity contribution in [2.45, 2.75) is 32.6 Å². The molecule has 0 amide bonds. The molecule has 68 valence electrons. The number of anilines is 1. The normalized spacial score (nSPS) is 10.5. The minimum atomic E-state index is 0.446. The van der Waals surface area contributed by atoms with Gasteiger partial charge in [0.2, 0.25) is 0 Å². The highest BCUT2D eigenvalue weighted by Gasteiger charge is 2.09. The molecule has 0 radical (unpaired) electrons. The lowest BCUT2D eigenvalue weighted by molar-refractivity contribution is 0.381. The van der Waals surface area contributed by atoms with E-state index in [1.165, 1.54) is 12.8 Å². The minimum absolute atomic E-state index is 0.446. The molecule has 3 nitrogen and oxygen atoms in total. The van der Waals surface area contributed by atoms with Crippen LogP contribution < -0.4 is 5.73 Å². The number of nitrogen functional groups attached to an aromatic ring is 1. The van der Waals surface area contributed by atoms with Crippen LogP contribution in [0.25, 0.3) is 0 Å². The predicted octanol–water partition coefficient (Wildman–Crippen LogP) is 2.75.